The minimum Gasteiger partial charge on any atom is -0.376 e. The summed E-state index contributed by atoms with van der Waals surface area (Å²) >= 11 is 8.31. The third kappa shape index (κ3) is 5.66. The second-order valence-electron chi connectivity index (χ2n) is 5.56. The number of amides is 2. The number of benzene rings is 1. The van der Waals surface area contributed by atoms with E-state index in [-0.39, 0.29) is 23.7 Å². The van der Waals surface area contributed by atoms with Crippen LogP contribution in [0.5, 0.6) is 0 Å². The fourth-order valence-corrected chi connectivity index (χ4v) is 4.00. The summed E-state index contributed by atoms with van der Waals surface area (Å²) in [6, 6.07) is 6.56. The summed E-state index contributed by atoms with van der Waals surface area (Å²) in [6.07, 6.45) is 2.16. The van der Waals surface area contributed by atoms with Crippen LogP contribution in [0.25, 0.3) is 0 Å². The minimum absolute atomic E-state index is 0.0764. The van der Waals surface area contributed by atoms with Gasteiger partial charge in [0.05, 0.1) is 11.9 Å². The Labute approximate surface area is 163 Å². The van der Waals surface area contributed by atoms with Gasteiger partial charge in [-0.1, -0.05) is 34.7 Å². The van der Waals surface area contributed by atoms with E-state index < -0.39 is 0 Å². The summed E-state index contributed by atoms with van der Waals surface area (Å²) in [5.41, 5.74) is 0.479. The number of nitrogens with zero attached hydrogens (tertiary/aromatic N) is 2. The normalized spacial score (nSPS) is 16.4. The molecule has 2 N–H and O–H groups in total. The zero-order valence-corrected chi connectivity index (χ0v) is 16.1. The van der Waals surface area contributed by atoms with Crippen LogP contribution in [-0.2, 0) is 9.53 Å². The lowest BCUT2D eigenvalue weighted by Gasteiger charge is -2.09. The Morgan fingerprint density at radius 1 is 1.31 bits per heavy atom. The number of thioether (sulfide) groups is 1. The Bertz CT molecular complexity index is 763. The van der Waals surface area contributed by atoms with Gasteiger partial charge >= 0.3 is 0 Å². The van der Waals surface area contributed by atoms with Crippen LogP contribution in [0, 0.1) is 0 Å². The molecule has 7 nitrogen and oxygen atoms in total. The quantitative estimate of drug-likeness (QED) is 0.536. The van der Waals surface area contributed by atoms with Crippen molar-refractivity contribution in [2.24, 2.45) is 0 Å². The summed E-state index contributed by atoms with van der Waals surface area (Å²) in [5, 5.41) is 14.4. The first kappa shape index (κ1) is 19.1. The maximum Gasteiger partial charge on any atom is 0.257 e. The van der Waals surface area contributed by atoms with Crippen LogP contribution in [0.2, 0.25) is 5.02 Å². The summed E-state index contributed by atoms with van der Waals surface area (Å²) in [4.78, 5) is 24.0. The molecule has 26 heavy (non-hydrogen) atoms. The molecule has 1 aromatic heterocycles. The van der Waals surface area contributed by atoms with Gasteiger partial charge in [0, 0.05) is 23.7 Å². The molecule has 3 rings (SSSR count). The Balaban J connectivity index is 1.43. The first-order valence-corrected chi connectivity index (χ1v) is 10.2. The van der Waals surface area contributed by atoms with E-state index in [1.807, 2.05) is 0 Å². The summed E-state index contributed by atoms with van der Waals surface area (Å²) in [7, 11) is 0. The molecule has 1 aliphatic heterocycles. The van der Waals surface area contributed by atoms with Gasteiger partial charge < -0.3 is 10.1 Å². The highest BCUT2D eigenvalue weighted by molar-refractivity contribution is 8.01. The Hall–Kier alpha value is -1.68. The van der Waals surface area contributed by atoms with Gasteiger partial charge in [-0.2, -0.15) is 0 Å². The van der Waals surface area contributed by atoms with E-state index in [0.29, 0.717) is 26.6 Å². The first-order chi connectivity index (χ1) is 12.6. The van der Waals surface area contributed by atoms with Gasteiger partial charge in [0.25, 0.3) is 5.91 Å². The molecule has 1 aliphatic rings. The van der Waals surface area contributed by atoms with Crippen molar-refractivity contribution in [2.45, 2.75) is 23.3 Å². The van der Waals surface area contributed by atoms with Gasteiger partial charge in [0.1, 0.15) is 0 Å². The SMILES string of the molecule is O=C(CSc1nnc(NC(=O)c2ccc(Cl)cc2)s1)NCC1CCCO1. The number of carbonyl (C=O) groups is 2. The van der Waals surface area contributed by atoms with E-state index in [1.54, 1.807) is 24.3 Å². The van der Waals surface area contributed by atoms with Gasteiger partial charge in [0.15, 0.2) is 4.34 Å². The predicted octanol–water partition coefficient (Wildman–Crippen LogP) is 2.83. The maximum atomic E-state index is 12.1. The first-order valence-electron chi connectivity index (χ1n) is 8.01. The molecular formula is C16H17ClN4O3S2. The third-order valence-corrected chi connectivity index (χ3v) is 5.83. The Morgan fingerprint density at radius 3 is 2.85 bits per heavy atom. The van der Waals surface area contributed by atoms with Crippen LogP contribution in [0.1, 0.15) is 23.2 Å². The van der Waals surface area contributed by atoms with Crippen LogP contribution in [0.4, 0.5) is 5.13 Å². The molecule has 1 atom stereocenters. The number of halogens is 1. The van der Waals surface area contributed by atoms with E-state index in [9.17, 15) is 9.59 Å². The van der Waals surface area contributed by atoms with Crippen molar-refractivity contribution in [1.82, 2.24) is 15.5 Å². The largest absolute Gasteiger partial charge is 0.376 e. The molecule has 0 saturated carbocycles. The second kappa shape index (κ2) is 9.31. The predicted molar refractivity (Wildman–Crippen MR) is 102 cm³/mol. The molecule has 2 heterocycles. The van der Waals surface area contributed by atoms with Crippen LogP contribution >= 0.6 is 34.7 Å². The van der Waals surface area contributed by atoms with Gasteiger partial charge in [-0.05, 0) is 37.1 Å². The molecule has 1 saturated heterocycles. The molecule has 0 bridgehead atoms. The topological polar surface area (TPSA) is 93.2 Å². The smallest absolute Gasteiger partial charge is 0.257 e. The number of ether oxygens (including phenoxy) is 1. The molecule has 1 aromatic carbocycles. The molecule has 0 aliphatic carbocycles. The van der Waals surface area contributed by atoms with Crippen molar-refractivity contribution in [1.29, 1.82) is 0 Å². The van der Waals surface area contributed by atoms with Crippen molar-refractivity contribution < 1.29 is 14.3 Å². The van der Waals surface area contributed by atoms with Crippen molar-refractivity contribution >= 4 is 51.6 Å². The lowest BCUT2D eigenvalue weighted by Crippen LogP contribution is -2.32. The van der Waals surface area contributed by atoms with Crippen LogP contribution in [0.3, 0.4) is 0 Å². The number of carbonyl (C=O) groups excluding carboxylic acids is 2. The minimum atomic E-state index is -0.288. The third-order valence-electron chi connectivity index (χ3n) is 3.61. The highest BCUT2D eigenvalue weighted by Gasteiger charge is 2.16. The monoisotopic (exact) mass is 412 g/mol. The van der Waals surface area contributed by atoms with Crippen LogP contribution in [-0.4, -0.2) is 47.0 Å². The zero-order valence-electron chi connectivity index (χ0n) is 13.7. The van der Waals surface area contributed by atoms with Crippen molar-refractivity contribution in [3.8, 4) is 0 Å². The number of anilines is 1. The number of nitrogens with one attached hydrogen (secondary N) is 2. The standard InChI is InChI=1S/C16H17ClN4O3S2/c17-11-5-3-10(4-6-11)14(23)19-15-20-21-16(26-15)25-9-13(22)18-8-12-2-1-7-24-12/h3-6,12H,1-2,7-9H2,(H,18,22)(H,19,20,23). The number of rotatable bonds is 7. The van der Waals surface area contributed by atoms with Gasteiger partial charge in [-0.3, -0.25) is 14.9 Å². The van der Waals surface area contributed by atoms with E-state index in [2.05, 4.69) is 20.8 Å². The molecule has 10 heteroatoms. The Kier molecular flexibility index (Phi) is 6.84. The summed E-state index contributed by atoms with van der Waals surface area (Å²) < 4.78 is 6.07. The molecule has 1 unspecified atom stereocenters. The average Bonchev–Trinajstić information content (AvgIpc) is 3.30. The van der Waals surface area contributed by atoms with Crippen LogP contribution < -0.4 is 10.6 Å². The fraction of sp³-hybridized carbons (Fsp3) is 0.375. The van der Waals surface area contributed by atoms with Crippen molar-refractivity contribution in [3.05, 3.63) is 34.9 Å². The molecule has 2 amide bonds. The second-order valence-corrected chi connectivity index (χ2v) is 8.20. The summed E-state index contributed by atoms with van der Waals surface area (Å²) in [5.74, 6) is -0.122. The average molecular weight is 413 g/mol. The maximum absolute atomic E-state index is 12.1. The van der Waals surface area contributed by atoms with E-state index >= 15 is 0 Å². The lowest BCUT2D eigenvalue weighted by atomic mass is 10.2. The lowest BCUT2D eigenvalue weighted by molar-refractivity contribution is -0.119. The van der Waals surface area contributed by atoms with Crippen LogP contribution in [0.15, 0.2) is 28.6 Å². The van der Waals surface area contributed by atoms with E-state index in [0.717, 1.165) is 19.4 Å². The molecule has 0 radical (unpaired) electrons. The number of hydrogen-bond acceptors (Lipinski definition) is 7. The molecular weight excluding hydrogens is 396 g/mol. The molecule has 2 aromatic rings. The number of aromatic nitrogens is 2. The fourth-order valence-electron chi connectivity index (χ4n) is 2.30. The molecule has 0 spiro atoms. The van der Waals surface area contributed by atoms with Crippen molar-refractivity contribution in [2.75, 3.05) is 24.2 Å². The van der Waals surface area contributed by atoms with Gasteiger partial charge in [-0.25, -0.2) is 0 Å². The highest BCUT2D eigenvalue weighted by atomic mass is 35.5. The van der Waals surface area contributed by atoms with E-state index in [4.69, 9.17) is 16.3 Å². The van der Waals surface area contributed by atoms with Gasteiger partial charge in [-0.15, -0.1) is 10.2 Å². The van der Waals surface area contributed by atoms with Gasteiger partial charge in [0.2, 0.25) is 11.0 Å². The van der Waals surface area contributed by atoms with Crippen molar-refractivity contribution in [3.63, 3.8) is 0 Å². The number of hydrogen-bond donors (Lipinski definition) is 2. The Morgan fingerprint density at radius 2 is 2.12 bits per heavy atom. The summed E-state index contributed by atoms with van der Waals surface area (Å²) in [6.45, 7) is 1.31. The van der Waals surface area contributed by atoms with E-state index in [1.165, 1.54) is 23.1 Å². The highest BCUT2D eigenvalue weighted by Crippen LogP contribution is 2.25. The molecule has 1 fully saturated rings. The zero-order chi connectivity index (χ0) is 18.4. The molecule has 138 valence electrons.